The third-order valence-corrected chi connectivity index (χ3v) is 4.94. The van der Waals surface area contributed by atoms with E-state index in [9.17, 15) is 19.7 Å². The van der Waals surface area contributed by atoms with Gasteiger partial charge in [0, 0.05) is 22.2 Å². The van der Waals surface area contributed by atoms with Crippen LogP contribution >= 0.6 is 11.6 Å². The maximum Gasteiger partial charge on any atom is 0.278 e. The van der Waals surface area contributed by atoms with E-state index >= 15 is 0 Å². The van der Waals surface area contributed by atoms with Gasteiger partial charge in [-0.1, -0.05) is 41.0 Å². The highest BCUT2D eigenvalue weighted by Crippen LogP contribution is 2.37. The molecule has 0 saturated carbocycles. The fourth-order valence-electron chi connectivity index (χ4n) is 3.26. The molecular weight excluding hydrogens is 374 g/mol. The van der Waals surface area contributed by atoms with E-state index in [4.69, 9.17) is 16.4 Å². The van der Waals surface area contributed by atoms with Gasteiger partial charge in [-0.25, -0.2) is 4.90 Å². The van der Waals surface area contributed by atoms with E-state index in [1.165, 1.54) is 18.2 Å². The van der Waals surface area contributed by atoms with Gasteiger partial charge in [0.15, 0.2) is 0 Å². The molecule has 4 rings (SSSR count). The van der Waals surface area contributed by atoms with E-state index < -0.39 is 28.8 Å². The van der Waals surface area contributed by atoms with Crippen LogP contribution in [0.5, 0.6) is 0 Å². The van der Waals surface area contributed by atoms with E-state index in [0.29, 0.717) is 16.1 Å². The van der Waals surface area contributed by atoms with Gasteiger partial charge in [-0.3, -0.25) is 19.7 Å². The normalized spacial score (nSPS) is 21.1. The molecule has 0 spiro atoms. The number of benzene rings is 2. The lowest BCUT2D eigenvalue weighted by Crippen LogP contribution is -2.33. The highest BCUT2D eigenvalue weighted by atomic mass is 35.5. The average Bonchev–Trinajstić information content (AvgIpc) is 3.17. The first-order chi connectivity index (χ1) is 12.9. The number of halogens is 1. The first kappa shape index (κ1) is 17.2. The van der Waals surface area contributed by atoms with E-state index in [2.05, 4.69) is 5.16 Å². The molecule has 2 amide bonds. The molecule has 0 bridgehead atoms. The van der Waals surface area contributed by atoms with Crippen LogP contribution in [-0.4, -0.2) is 28.6 Å². The van der Waals surface area contributed by atoms with E-state index in [1.807, 2.05) is 0 Å². The molecule has 2 aliphatic rings. The van der Waals surface area contributed by atoms with Crippen molar-refractivity contribution >= 4 is 40.5 Å². The van der Waals surface area contributed by atoms with Crippen molar-refractivity contribution in [2.75, 3.05) is 4.90 Å². The molecule has 27 heavy (non-hydrogen) atoms. The first-order valence-electron chi connectivity index (χ1n) is 8.01. The smallest absolute Gasteiger partial charge is 0.278 e. The summed E-state index contributed by atoms with van der Waals surface area (Å²) in [4.78, 5) is 42.5. The molecule has 9 heteroatoms. The third-order valence-electron chi connectivity index (χ3n) is 4.61. The molecule has 0 aliphatic carbocycles. The number of rotatable bonds is 3. The number of aryl methyl sites for hydroxylation is 1. The predicted molar refractivity (Wildman–Crippen MR) is 96.7 cm³/mol. The third kappa shape index (κ3) is 2.57. The largest absolute Gasteiger partial charge is 0.381 e. The Balaban J connectivity index is 1.74. The molecule has 2 aromatic carbocycles. The van der Waals surface area contributed by atoms with Crippen molar-refractivity contribution in [1.82, 2.24) is 0 Å². The zero-order valence-corrected chi connectivity index (χ0v) is 14.7. The number of nitrogens with zero attached hydrogens (tertiary/aromatic N) is 3. The number of nitro groups is 1. The molecule has 1 fully saturated rings. The van der Waals surface area contributed by atoms with Crippen LogP contribution in [0.2, 0.25) is 5.02 Å². The molecule has 2 heterocycles. The van der Waals surface area contributed by atoms with E-state index in [1.54, 1.807) is 31.2 Å². The van der Waals surface area contributed by atoms with Gasteiger partial charge in [-0.2, -0.15) is 0 Å². The molecule has 0 N–H and O–H groups in total. The Morgan fingerprint density at radius 3 is 2.63 bits per heavy atom. The van der Waals surface area contributed by atoms with Gasteiger partial charge < -0.3 is 4.84 Å². The summed E-state index contributed by atoms with van der Waals surface area (Å²) < 4.78 is 0. The summed E-state index contributed by atoms with van der Waals surface area (Å²) in [5, 5.41) is 15.5. The summed E-state index contributed by atoms with van der Waals surface area (Å²) in [7, 11) is 0. The minimum Gasteiger partial charge on any atom is -0.381 e. The quantitative estimate of drug-likeness (QED) is 0.459. The molecule has 2 unspecified atom stereocenters. The summed E-state index contributed by atoms with van der Waals surface area (Å²) in [6, 6.07) is 11.0. The minimum atomic E-state index is -1.11. The number of anilines is 1. The Bertz CT molecular complexity index is 1040. The summed E-state index contributed by atoms with van der Waals surface area (Å²) in [6.45, 7) is 1.58. The molecule has 8 nitrogen and oxygen atoms in total. The Kier molecular flexibility index (Phi) is 3.92. The van der Waals surface area contributed by atoms with Crippen molar-refractivity contribution in [2.24, 2.45) is 11.1 Å². The van der Waals surface area contributed by atoms with Crippen molar-refractivity contribution in [3.8, 4) is 0 Å². The summed E-state index contributed by atoms with van der Waals surface area (Å²) in [5.74, 6) is -2.12. The van der Waals surface area contributed by atoms with Crippen LogP contribution in [0.25, 0.3) is 0 Å². The van der Waals surface area contributed by atoms with E-state index in [0.717, 1.165) is 4.90 Å². The number of oxime groups is 1. The average molecular weight is 386 g/mol. The summed E-state index contributed by atoms with van der Waals surface area (Å²) >= 11 is 6.18. The van der Waals surface area contributed by atoms with Gasteiger partial charge in [0.25, 0.3) is 11.6 Å². The second-order valence-corrected chi connectivity index (χ2v) is 6.61. The van der Waals surface area contributed by atoms with Crippen LogP contribution in [0.1, 0.15) is 11.1 Å². The van der Waals surface area contributed by atoms with Crippen LogP contribution in [0, 0.1) is 23.0 Å². The fourth-order valence-corrected chi connectivity index (χ4v) is 3.49. The SMILES string of the molecule is Cc1ccc(N2C(=O)C3ON=C(c4ccccc4Cl)C3C2=O)cc1[N+](=O)[O-]. The molecular formula is C18H12ClN3O5. The second-order valence-electron chi connectivity index (χ2n) is 6.20. The van der Waals surface area contributed by atoms with Crippen LogP contribution in [-0.2, 0) is 14.4 Å². The lowest BCUT2D eigenvalue weighted by atomic mass is 9.94. The van der Waals surface area contributed by atoms with Gasteiger partial charge in [-0.05, 0) is 19.1 Å². The molecule has 0 aromatic heterocycles. The summed E-state index contributed by atoms with van der Waals surface area (Å²) in [6.07, 6.45) is -1.11. The Hall–Kier alpha value is -3.26. The van der Waals surface area contributed by atoms with Crippen molar-refractivity contribution in [3.05, 3.63) is 68.7 Å². The molecule has 2 aliphatic heterocycles. The second kappa shape index (κ2) is 6.17. The van der Waals surface area contributed by atoms with Gasteiger partial charge in [-0.15, -0.1) is 0 Å². The highest BCUT2D eigenvalue weighted by Gasteiger charge is 2.56. The van der Waals surface area contributed by atoms with Crippen LogP contribution in [0.15, 0.2) is 47.6 Å². The zero-order valence-electron chi connectivity index (χ0n) is 14.0. The monoisotopic (exact) mass is 385 g/mol. The van der Waals surface area contributed by atoms with Gasteiger partial charge >= 0.3 is 0 Å². The van der Waals surface area contributed by atoms with Crippen molar-refractivity contribution in [3.63, 3.8) is 0 Å². The van der Waals surface area contributed by atoms with Crippen LogP contribution in [0.4, 0.5) is 11.4 Å². The predicted octanol–water partition coefficient (Wildman–Crippen LogP) is 2.85. The molecule has 1 saturated heterocycles. The molecule has 2 aromatic rings. The van der Waals surface area contributed by atoms with E-state index in [-0.39, 0.29) is 17.1 Å². The fraction of sp³-hybridized carbons (Fsp3) is 0.167. The maximum atomic E-state index is 13.0. The van der Waals surface area contributed by atoms with Crippen molar-refractivity contribution in [1.29, 1.82) is 0 Å². The zero-order chi connectivity index (χ0) is 19.3. The number of carbonyl (C=O) groups is 2. The standard InChI is InChI=1S/C18H12ClN3O5/c1-9-6-7-10(8-13(9)22(25)26)21-17(23)14-15(20-27-16(14)18(21)24)11-4-2-3-5-12(11)19/h2-8,14,16H,1H3. The first-order valence-corrected chi connectivity index (χ1v) is 8.39. The maximum absolute atomic E-state index is 13.0. The number of nitro benzene ring substituents is 1. The lowest BCUT2D eigenvalue weighted by Gasteiger charge is -2.15. The molecule has 0 radical (unpaired) electrons. The Morgan fingerprint density at radius 1 is 1.19 bits per heavy atom. The topological polar surface area (TPSA) is 102 Å². The van der Waals surface area contributed by atoms with Crippen LogP contribution in [0.3, 0.4) is 0 Å². The number of amides is 2. The van der Waals surface area contributed by atoms with Crippen molar-refractivity contribution in [2.45, 2.75) is 13.0 Å². The number of carbonyl (C=O) groups excluding carboxylic acids is 2. The number of hydrogen-bond donors (Lipinski definition) is 0. The van der Waals surface area contributed by atoms with Gasteiger partial charge in [0.1, 0.15) is 11.6 Å². The highest BCUT2D eigenvalue weighted by molar-refractivity contribution is 6.38. The molecule has 136 valence electrons. The van der Waals surface area contributed by atoms with Gasteiger partial charge in [0.2, 0.25) is 12.0 Å². The number of imide groups is 1. The minimum absolute atomic E-state index is 0.124. The number of hydrogen-bond acceptors (Lipinski definition) is 6. The van der Waals surface area contributed by atoms with Crippen molar-refractivity contribution < 1.29 is 19.3 Å². The lowest BCUT2D eigenvalue weighted by molar-refractivity contribution is -0.385. The van der Waals surface area contributed by atoms with Crippen LogP contribution < -0.4 is 4.90 Å². The van der Waals surface area contributed by atoms with Gasteiger partial charge in [0.05, 0.1) is 10.6 Å². The molecule has 2 atom stereocenters. The Labute approximate surface area is 158 Å². The Morgan fingerprint density at radius 2 is 1.93 bits per heavy atom. The number of fused-ring (bicyclic) bond motifs is 1. The summed E-state index contributed by atoms with van der Waals surface area (Å²) in [5.41, 5.74) is 1.15.